The van der Waals surface area contributed by atoms with Crippen molar-refractivity contribution in [2.75, 3.05) is 16.4 Å². The van der Waals surface area contributed by atoms with Crippen molar-refractivity contribution in [3.8, 4) is 5.95 Å². The van der Waals surface area contributed by atoms with Gasteiger partial charge >= 0.3 is 0 Å². The Morgan fingerprint density at radius 2 is 1.86 bits per heavy atom. The number of rotatable bonds is 5. The summed E-state index contributed by atoms with van der Waals surface area (Å²) in [5.74, 6) is -0.946. The summed E-state index contributed by atoms with van der Waals surface area (Å²) in [6, 6.07) is 6.71. The van der Waals surface area contributed by atoms with Gasteiger partial charge in [0.2, 0.25) is 11.8 Å². The molecular weight excluding hydrogens is 308 g/mol. The van der Waals surface area contributed by atoms with Crippen LogP contribution in [0.25, 0.3) is 0 Å². The second-order valence-electron chi connectivity index (χ2n) is 4.38. The van der Waals surface area contributed by atoms with Gasteiger partial charge in [-0.3, -0.25) is 9.59 Å². The summed E-state index contributed by atoms with van der Waals surface area (Å²) < 4.78 is 5.74. The van der Waals surface area contributed by atoms with Crippen molar-refractivity contribution in [3.63, 3.8) is 0 Å². The topological polar surface area (TPSA) is 111 Å². The van der Waals surface area contributed by atoms with Crippen molar-refractivity contribution in [3.05, 3.63) is 24.3 Å². The zero-order valence-electron chi connectivity index (χ0n) is 12.0. The SMILES string of the molecule is CC(=O)Nc1ccc(NC(=O)CSc2c([O-])on[n+]2C)cc1. The number of carbonyl (C=O) groups excluding carboxylic acids is 2. The Bertz CT molecular complexity index is 664. The third-order valence-electron chi connectivity index (χ3n) is 2.54. The lowest BCUT2D eigenvalue weighted by molar-refractivity contribution is -0.772. The van der Waals surface area contributed by atoms with Crippen molar-refractivity contribution in [2.45, 2.75) is 11.9 Å². The molecule has 22 heavy (non-hydrogen) atoms. The summed E-state index contributed by atoms with van der Waals surface area (Å²) in [4.78, 5) is 22.7. The number of benzene rings is 1. The fraction of sp³-hybridized carbons (Fsp3) is 0.231. The number of nitrogens with one attached hydrogen (secondary N) is 2. The molecule has 9 heteroatoms. The van der Waals surface area contributed by atoms with Crippen molar-refractivity contribution >= 4 is 35.0 Å². The van der Waals surface area contributed by atoms with E-state index in [1.165, 1.54) is 11.6 Å². The minimum atomic E-state index is -0.569. The van der Waals surface area contributed by atoms with Crippen LogP contribution in [0, 0.1) is 0 Å². The molecular formula is C13H14N4O4S. The maximum Gasteiger partial charge on any atom is 0.291 e. The molecule has 0 radical (unpaired) electrons. The van der Waals surface area contributed by atoms with Gasteiger partial charge in [0, 0.05) is 18.3 Å². The fourth-order valence-corrected chi connectivity index (χ4v) is 2.35. The second-order valence-corrected chi connectivity index (χ2v) is 5.35. The van der Waals surface area contributed by atoms with Crippen LogP contribution in [0.5, 0.6) is 5.95 Å². The number of carbonyl (C=O) groups is 2. The molecule has 8 nitrogen and oxygen atoms in total. The number of thioether (sulfide) groups is 1. The molecule has 0 fully saturated rings. The van der Waals surface area contributed by atoms with Crippen molar-refractivity contribution < 1.29 is 23.9 Å². The average Bonchev–Trinajstić information content (AvgIpc) is 2.77. The van der Waals surface area contributed by atoms with E-state index in [1.54, 1.807) is 31.3 Å². The van der Waals surface area contributed by atoms with E-state index in [-0.39, 0.29) is 22.6 Å². The van der Waals surface area contributed by atoms with Gasteiger partial charge in [-0.05, 0) is 36.0 Å². The predicted octanol–water partition coefficient (Wildman–Crippen LogP) is 0.262. The van der Waals surface area contributed by atoms with Gasteiger partial charge in [0.15, 0.2) is 13.0 Å². The Labute approximate surface area is 130 Å². The molecule has 2 aromatic rings. The van der Waals surface area contributed by atoms with Gasteiger partial charge in [-0.25, -0.2) is 0 Å². The second kappa shape index (κ2) is 6.94. The summed E-state index contributed by atoms with van der Waals surface area (Å²) in [5.41, 5.74) is 1.24. The molecule has 116 valence electrons. The molecule has 0 atom stereocenters. The highest BCUT2D eigenvalue weighted by molar-refractivity contribution is 7.99. The van der Waals surface area contributed by atoms with Crippen LogP contribution < -0.4 is 20.4 Å². The number of amides is 2. The van der Waals surface area contributed by atoms with Crippen LogP contribution in [0.15, 0.2) is 33.8 Å². The van der Waals surface area contributed by atoms with E-state index in [9.17, 15) is 14.7 Å². The lowest BCUT2D eigenvalue weighted by atomic mass is 10.3. The van der Waals surface area contributed by atoms with Crippen LogP contribution in [-0.4, -0.2) is 22.8 Å². The number of nitrogens with zero attached hydrogens (tertiary/aromatic N) is 2. The highest BCUT2D eigenvalue weighted by Gasteiger charge is 2.15. The first-order valence-corrected chi connectivity index (χ1v) is 7.27. The summed E-state index contributed by atoms with van der Waals surface area (Å²) >= 11 is 1.04. The Kier molecular flexibility index (Phi) is 4.99. The van der Waals surface area contributed by atoms with Gasteiger partial charge in [-0.15, -0.1) is 0 Å². The monoisotopic (exact) mass is 322 g/mol. The van der Waals surface area contributed by atoms with Crippen LogP contribution in [0.3, 0.4) is 0 Å². The molecule has 0 aliphatic heterocycles. The van der Waals surface area contributed by atoms with Gasteiger partial charge in [0.05, 0.1) is 11.0 Å². The third kappa shape index (κ3) is 4.22. The summed E-state index contributed by atoms with van der Waals surface area (Å²) in [6.45, 7) is 1.42. The van der Waals surface area contributed by atoms with E-state index in [4.69, 9.17) is 0 Å². The zero-order valence-corrected chi connectivity index (χ0v) is 12.8. The summed E-state index contributed by atoms with van der Waals surface area (Å²) in [7, 11) is 1.56. The highest BCUT2D eigenvalue weighted by atomic mass is 32.2. The van der Waals surface area contributed by atoms with E-state index in [1.807, 2.05) is 0 Å². The zero-order chi connectivity index (χ0) is 16.1. The van der Waals surface area contributed by atoms with Crippen LogP contribution in [0.1, 0.15) is 6.92 Å². The van der Waals surface area contributed by atoms with Gasteiger partial charge < -0.3 is 20.3 Å². The van der Waals surface area contributed by atoms with Crippen LogP contribution in [0.4, 0.5) is 11.4 Å². The quantitative estimate of drug-likeness (QED) is 0.603. The number of hydrogen-bond acceptors (Lipinski definition) is 6. The minimum absolute atomic E-state index is 0.0533. The normalized spacial score (nSPS) is 10.3. The number of hydrogen-bond donors (Lipinski definition) is 2. The molecule has 0 spiro atoms. The van der Waals surface area contributed by atoms with E-state index in [2.05, 4.69) is 20.4 Å². The molecule has 1 heterocycles. The van der Waals surface area contributed by atoms with E-state index in [0.717, 1.165) is 11.8 Å². The molecule has 0 aliphatic carbocycles. The Hall–Kier alpha value is -2.55. The molecule has 0 aliphatic rings. The average molecular weight is 322 g/mol. The Morgan fingerprint density at radius 1 is 1.27 bits per heavy atom. The maximum absolute atomic E-state index is 11.8. The summed E-state index contributed by atoms with van der Waals surface area (Å²) in [5, 5.41) is 20.3. The van der Waals surface area contributed by atoms with Crippen LogP contribution >= 0.6 is 11.8 Å². The van der Waals surface area contributed by atoms with Gasteiger partial charge in [0.1, 0.15) is 0 Å². The Morgan fingerprint density at radius 3 is 2.36 bits per heavy atom. The first kappa shape index (κ1) is 15.8. The first-order chi connectivity index (χ1) is 10.5. The predicted molar refractivity (Wildman–Crippen MR) is 77.2 cm³/mol. The molecule has 2 amide bonds. The van der Waals surface area contributed by atoms with Crippen molar-refractivity contribution in [1.82, 2.24) is 5.27 Å². The molecule has 0 bridgehead atoms. The highest BCUT2D eigenvalue weighted by Crippen LogP contribution is 2.21. The molecule has 0 unspecified atom stereocenters. The number of aryl methyl sites for hydroxylation is 1. The lowest BCUT2D eigenvalue weighted by Gasteiger charge is -2.06. The fourth-order valence-electron chi connectivity index (χ4n) is 1.63. The molecule has 0 saturated carbocycles. The van der Waals surface area contributed by atoms with Crippen molar-refractivity contribution in [2.24, 2.45) is 7.05 Å². The third-order valence-corrected chi connectivity index (χ3v) is 3.65. The minimum Gasteiger partial charge on any atom is -0.538 e. The van der Waals surface area contributed by atoms with E-state index >= 15 is 0 Å². The van der Waals surface area contributed by atoms with E-state index in [0.29, 0.717) is 11.4 Å². The largest absolute Gasteiger partial charge is 0.538 e. The van der Waals surface area contributed by atoms with Gasteiger partial charge in [-0.1, -0.05) is 4.68 Å². The molecule has 2 rings (SSSR count). The lowest BCUT2D eigenvalue weighted by Crippen LogP contribution is -2.32. The standard InChI is InChI=1S/C13H13N4O4S/c1-8(18)14-9-3-5-10(6-4-9)15-11(19)7-22-12-13(20)21-16-17(12)2/h3-6,20H,7H2,1-2H3/q-1/p+1. The molecule has 0 saturated heterocycles. The number of aromatic nitrogens is 2. The van der Waals surface area contributed by atoms with Crippen LogP contribution in [-0.2, 0) is 16.6 Å². The van der Waals surface area contributed by atoms with Crippen molar-refractivity contribution in [1.29, 1.82) is 0 Å². The summed E-state index contributed by atoms with van der Waals surface area (Å²) in [6.07, 6.45) is 0. The molecule has 1 aromatic heterocycles. The van der Waals surface area contributed by atoms with E-state index < -0.39 is 5.95 Å². The molecule has 2 N–H and O–H groups in total. The van der Waals surface area contributed by atoms with Crippen LogP contribution in [0.2, 0.25) is 0 Å². The Balaban J connectivity index is 1.88. The van der Waals surface area contributed by atoms with Gasteiger partial charge in [-0.2, -0.15) is 0 Å². The first-order valence-electron chi connectivity index (χ1n) is 6.29. The number of anilines is 2. The molecule has 1 aromatic carbocycles. The van der Waals surface area contributed by atoms with Gasteiger partial charge in [0.25, 0.3) is 5.03 Å². The smallest absolute Gasteiger partial charge is 0.291 e. The maximum atomic E-state index is 11.8.